The maximum absolute atomic E-state index is 12.3. The second kappa shape index (κ2) is 7.33. The zero-order chi connectivity index (χ0) is 16.0. The third-order valence-corrected chi connectivity index (χ3v) is 5.00. The van der Waals surface area contributed by atoms with Crippen LogP contribution in [0.4, 0.5) is 0 Å². The lowest BCUT2D eigenvalue weighted by Crippen LogP contribution is -2.29. The Morgan fingerprint density at radius 1 is 1.19 bits per heavy atom. The van der Waals surface area contributed by atoms with Crippen molar-refractivity contribution in [1.82, 2.24) is 9.62 Å². The van der Waals surface area contributed by atoms with E-state index < -0.39 is 10.0 Å². The molecule has 0 bridgehead atoms. The van der Waals surface area contributed by atoms with Crippen LogP contribution in [-0.2, 0) is 14.8 Å². The number of hydrogen-bond acceptors (Lipinski definition) is 4. The minimum Gasteiger partial charge on any atom is -0.359 e. The third kappa shape index (κ3) is 4.64. The van der Waals surface area contributed by atoms with Crippen molar-refractivity contribution < 1.29 is 18.0 Å². The maximum atomic E-state index is 12.3. The lowest BCUT2D eigenvalue weighted by molar-refractivity contribution is -0.120. The highest BCUT2D eigenvalue weighted by molar-refractivity contribution is 7.89. The fourth-order valence-electron chi connectivity index (χ4n) is 1.75. The van der Waals surface area contributed by atoms with Crippen LogP contribution in [0.15, 0.2) is 29.2 Å². The molecule has 6 nitrogen and oxygen atoms in total. The number of sulfonamides is 1. The largest absolute Gasteiger partial charge is 0.359 e. The van der Waals surface area contributed by atoms with Gasteiger partial charge in [-0.3, -0.25) is 9.59 Å². The van der Waals surface area contributed by atoms with Crippen molar-refractivity contribution in [3.63, 3.8) is 0 Å². The van der Waals surface area contributed by atoms with Crippen molar-refractivity contribution in [2.45, 2.75) is 24.7 Å². The summed E-state index contributed by atoms with van der Waals surface area (Å²) in [4.78, 5) is 22.4. The van der Waals surface area contributed by atoms with Gasteiger partial charge in [-0.2, -0.15) is 0 Å². The molecule has 0 atom stereocenters. The van der Waals surface area contributed by atoms with Gasteiger partial charge in [-0.15, -0.1) is 0 Å². The van der Waals surface area contributed by atoms with Crippen LogP contribution in [0.5, 0.6) is 0 Å². The summed E-state index contributed by atoms with van der Waals surface area (Å²) in [5.41, 5.74) is 0.469. The Balaban J connectivity index is 2.75. The average Bonchev–Trinajstić information content (AvgIpc) is 2.46. The Hall–Kier alpha value is -1.73. The van der Waals surface area contributed by atoms with Gasteiger partial charge < -0.3 is 5.32 Å². The molecule has 1 N–H and O–H groups in total. The highest BCUT2D eigenvalue weighted by Gasteiger charge is 2.20. The number of nitrogens with zero attached hydrogens (tertiary/aromatic N) is 1. The predicted octanol–water partition coefficient (Wildman–Crippen LogP) is 1.04. The number of hydrogen-bond donors (Lipinski definition) is 1. The van der Waals surface area contributed by atoms with Gasteiger partial charge >= 0.3 is 0 Å². The zero-order valence-electron chi connectivity index (χ0n) is 12.4. The highest BCUT2D eigenvalue weighted by Crippen LogP contribution is 2.16. The first-order chi connectivity index (χ1) is 9.78. The number of Topliss-reactive ketones (excluding diaryl/α,β-unsaturated/α-hetero) is 1. The fourth-order valence-corrected chi connectivity index (χ4v) is 2.96. The van der Waals surface area contributed by atoms with Crippen molar-refractivity contribution in [2.24, 2.45) is 0 Å². The standard InChI is InChI=1S/C14H20N2O4S/c1-11(17)12-6-8-13(9-7-12)21(19,20)16(3)10-4-5-14(18)15-2/h6-9H,4-5,10H2,1-3H3,(H,15,18). The highest BCUT2D eigenvalue weighted by atomic mass is 32.2. The number of nitrogens with one attached hydrogen (secondary N) is 1. The quantitative estimate of drug-likeness (QED) is 0.762. The summed E-state index contributed by atoms with van der Waals surface area (Å²) < 4.78 is 25.8. The molecule has 0 saturated heterocycles. The molecule has 0 heterocycles. The van der Waals surface area contributed by atoms with E-state index in [2.05, 4.69) is 5.32 Å². The molecule has 0 aliphatic rings. The van der Waals surface area contributed by atoms with Crippen LogP contribution >= 0.6 is 0 Å². The molecule has 1 aromatic rings. The van der Waals surface area contributed by atoms with E-state index in [0.29, 0.717) is 12.0 Å². The predicted molar refractivity (Wildman–Crippen MR) is 79.6 cm³/mol. The summed E-state index contributed by atoms with van der Waals surface area (Å²) in [7, 11) is -0.584. The van der Waals surface area contributed by atoms with Crippen LogP contribution in [0.3, 0.4) is 0 Å². The summed E-state index contributed by atoms with van der Waals surface area (Å²) in [5, 5.41) is 2.49. The average molecular weight is 312 g/mol. The molecule has 0 unspecified atom stereocenters. The summed E-state index contributed by atoms with van der Waals surface area (Å²) in [6.07, 6.45) is 0.723. The van der Waals surface area contributed by atoms with Crippen LogP contribution in [-0.4, -0.2) is 45.1 Å². The molecule has 0 aromatic heterocycles. The SMILES string of the molecule is CNC(=O)CCCN(C)S(=O)(=O)c1ccc(C(C)=O)cc1. The van der Waals surface area contributed by atoms with Gasteiger partial charge in [0.2, 0.25) is 15.9 Å². The van der Waals surface area contributed by atoms with Gasteiger partial charge in [-0.25, -0.2) is 12.7 Å². The molecule has 0 saturated carbocycles. The number of benzene rings is 1. The molecule has 0 aliphatic heterocycles. The van der Waals surface area contributed by atoms with Gasteiger partial charge in [0.1, 0.15) is 0 Å². The normalized spacial score (nSPS) is 11.4. The van der Waals surface area contributed by atoms with Crippen molar-refractivity contribution in [3.05, 3.63) is 29.8 Å². The monoisotopic (exact) mass is 312 g/mol. The van der Waals surface area contributed by atoms with E-state index in [1.165, 1.54) is 42.5 Å². The first-order valence-corrected chi connectivity index (χ1v) is 8.01. The van der Waals surface area contributed by atoms with E-state index in [-0.39, 0.29) is 29.6 Å². The Labute approximate surface area is 125 Å². The Morgan fingerprint density at radius 2 is 1.76 bits per heavy atom. The van der Waals surface area contributed by atoms with Crippen molar-refractivity contribution in [1.29, 1.82) is 0 Å². The molecule has 1 amide bonds. The van der Waals surface area contributed by atoms with Crippen LogP contribution in [0.25, 0.3) is 0 Å². The summed E-state index contributed by atoms with van der Waals surface area (Å²) in [6, 6.07) is 5.82. The van der Waals surface area contributed by atoms with E-state index in [0.717, 1.165) is 0 Å². The molecule has 0 spiro atoms. The first kappa shape index (κ1) is 17.3. The van der Waals surface area contributed by atoms with Crippen molar-refractivity contribution in [3.8, 4) is 0 Å². The number of rotatable bonds is 7. The van der Waals surface area contributed by atoms with E-state index >= 15 is 0 Å². The van der Waals surface area contributed by atoms with Crippen LogP contribution in [0.2, 0.25) is 0 Å². The van der Waals surface area contributed by atoms with E-state index in [4.69, 9.17) is 0 Å². The van der Waals surface area contributed by atoms with Crippen molar-refractivity contribution in [2.75, 3.05) is 20.6 Å². The van der Waals surface area contributed by atoms with E-state index in [1.54, 1.807) is 7.05 Å². The molecule has 1 aromatic carbocycles. The second-order valence-electron chi connectivity index (χ2n) is 4.68. The summed E-state index contributed by atoms with van der Waals surface area (Å²) in [6.45, 7) is 1.68. The van der Waals surface area contributed by atoms with E-state index in [1.807, 2.05) is 0 Å². The molecule has 0 radical (unpaired) electrons. The summed E-state index contributed by atoms with van der Waals surface area (Å²) >= 11 is 0. The minimum absolute atomic E-state index is 0.113. The van der Waals surface area contributed by atoms with Crippen LogP contribution < -0.4 is 5.32 Å². The molecular formula is C14H20N2O4S. The number of carbonyl (C=O) groups excluding carboxylic acids is 2. The molecule has 21 heavy (non-hydrogen) atoms. The number of ketones is 1. The summed E-state index contributed by atoms with van der Waals surface area (Å²) in [5.74, 6) is -0.232. The topological polar surface area (TPSA) is 83.6 Å². The molecule has 7 heteroatoms. The lowest BCUT2D eigenvalue weighted by Gasteiger charge is -2.17. The lowest BCUT2D eigenvalue weighted by atomic mass is 10.2. The molecular weight excluding hydrogens is 292 g/mol. The Morgan fingerprint density at radius 3 is 2.24 bits per heavy atom. The maximum Gasteiger partial charge on any atom is 0.242 e. The fraction of sp³-hybridized carbons (Fsp3) is 0.429. The van der Waals surface area contributed by atoms with Gasteiger partial charge in [0.25, 0.3) is 0 Å². The van der Waals surface area contributed by atoms with Gasteiger partial charge in [0.15, 0.2) is 5.78 Å². The number of carbonyl (C=O) groups is 2. The van der Waals surface area contributed by atoms with Gasteiger partial charge in [-0.1, -0.05) is 12.1 Å². The van der Waals surface area contributed by atoms with E-state index in [9.17, 15) is 18.0 Å². The number of amides is 1. The van der Waals surface area contributed by atoms with Crippen LogP contribution in [0, 0.1) is 0 Å². The first-order valence-electron chi connectivity index (χ1n) is 6.57. The molecule has 0 fully saturated rings. The van der Waals surface area contributed by atoms with Crippen LogP contribution in [0.1, 0.15) is 30.1 Å². The third-order valence-electron chi connectivity index (χ3n) is 3.12. The van der Waals surface area contributed by atoms with Gasteiger partial charge in [-0.05, 0) is 25.5 Å². The molecule has 116 valence electrons. The van der Waals surface area contributed by atoms with Crippen molar-refractivity contribution >= 4 is 21.7 Å². The molecule has 0 aliphatic carbocycles. The smallest absolute Gasteiger partial charge is 0.242 e. The molecule has 1 rings (SSSR count). The van der Waals surface area contributed by atoms with Gasteiger partial charge in [0, 0.05) is 32.6 Å². The zero-order valence-corrected chi connectivity index (χ0v) is 13.2. The Bertz CT molecular complexity index is 608. The Kier molecular flexibility index (Phi) is 6.04. The minimum atomic E-state index is -3.60. The second-order valence-corrected chi connectivity index (χ2v) is 6.73. The van der Waals surface area contributed by atoms with Gasteiger partial charge in [0.05, 0.1) is 4.90 Å².